The molecular formula is C52H65F2N11O11. The number of carbonyl (C=O) groups excluding carboxylic acids is 6. The first-order valence-corrected chi connectivity index (χ1v) is 26.1. The summed E-state index contributed by atoms with van der Waals surface area (Å²) in [6.07, 6.45) is 4.62. The largest absolute Gasteiger partial charge is 0.382 e. The Hall–Kier alpha value is -6.86. The van der Waals surface area contributed by atoms with Crippen molar-refractivity contribution < 1.29 is 61.2 Å². The zero-order valence-corrected chi connectivity index (χ0v) is 42.6. The number of fused-ring (bicyclic) bond motifs is 3. The van der Waals surface area contributed by atoms with Crippen molar-refractivity contribution in [2.45, 2.75) is 83.0 Å². The lowest BCUT2D eigenvalue weighted by molar-refractivity contribution is -0.136. The van der Waals surface area contributed by atoms with Gasteiger partial charge in [0.1, 0.15) is 6.04 Å². The maximum Gasteiger partial charge on any atom is 0.317 e. The fourth-order valence-electron chi connectivity index (χ4n) is 10.4. The van der Waals surface area contributed by atoms with Gasteiger partial charge in [-0.25, -0.2) is 13.6 Å². The number of alkyl halides is 2. The summed E-state index contributed by atoms with van der Waals surface area (Å²) in [5, 5.41) is 20.5. The topological polar surface area (TPSA) is 242 Å². The molecule has 5 aliphatic rings. The molecule has 22 nitrogen and oxygen atoms in total. The molecule has 76 heavy (non-hydrogen) atoms. The number of nitrogens with one attached hydrogen (secondary N) is 4. The first kappa shape index (κ1) is 53.9. The molecule has 0 bridgehead atoms. The third-order valence-electron chi connectivity index (χ3n) is 14.2. The van der Waals surface area contributed by atoms with Crippen LogP contribution in [0.3, 0.4) is 0 Å². The molecule has 7 heterocycles. The van der Waals surface area contributed by atoms with Crippen molar-refractivity contribution in [1.82, 2.24) is 45.3 Å². The maximum absolute atomic E-state index is 15.0. The molecular weight excluding hydrogens is 993 g/mol. The monoisotopic (exact) mass is 1060 g/mol. The summed E-state index contributed by atoms with van der Waals surface area (Å²) in [5.74, 6) is -1.74. The van der Waals surface area contributed by atoms with Crippen LogP contribution in [0.5, 0.6) is 0 Å². The number of rotatable bonds is 24. The molecule has 0 radical (unpaired) electrons. The average molecular weight is 1060 g/mol. The SMILES string of the molecule is CNC(=O)N1CCc2c(c(N3CCCc4cc(-c5cnn(CCNC(=O)CCOCCOCCOCCOCCNc6cccc7c6C(=O)N(C6CCC(=O)NC6=O)C7=O)c5)c(C(F)F)cc43)nn2C2CCOCC2)C1. The van der Waals surface area contributed by atoms with Gasteiger partial charge in [-0.05, 0) is 67.5 Å². The van der Waals surface area contributed by atoms with Crippen molar-refractivity contribution >= 4 is 52.8 Å². The Morgan fingerprint density at radius 1 is 0.868 bits per heavy atom. The van der Waals surface area contributed by atoms with E-state index in [-0.39, 0.29) is 67.1 Å². The van der Waals surface area contributed by atoms with Gasteiger partial charge in [0.25, 0.3) is 18.2 Å². The number of halogens is 2. The zero-order valence-electron chi connectivity index (χ0n) is 42.6. The van der Waals surface area contributed by atoms with Gasteiger partial charge >= 0.3 is 6.03 Å². The van der Waals surface area contributed by atoms with Crippen LogP contribution in [-0.2, 0) is 64.0 Å². The highest BCUT2D eigenvalue weighted by Gasteiger charge is 2.46. The Morgan fingerprint density at radius 2 is 1.62 bits per heavy atom. The van der Waals surface area contributed by atoms with Gasteiger partial charge in [0.15, 0.2) is 5.82 Å². The van der Waals surface area contributed by atoms with E-state index in [9.17, 15) is 37.5 Å². The highest BCUT2D eigenvalue weighted by molar-refractivity contribution is 6.25. The Bertz CT molecular complexity index is 2760. The van der Waals surface area contributed by atoms with E-state index in [0.717, 1.165) is 41.0 Å². The molecule has 0 saturated carbocycles. The third kappa shape index (κ3) is 12.4. The number of carbonyl (C=O) groups is 6. The summed E-state index contributed by atoms with van der Waals surface area (Å²) in [4.78, 5) is 80.3. The van der Waals surface area contributed by atoms with Crippen molar-refractivity contribution in [2.24, 2.45) is 0 Å². The average Bonchev–Trinajstić information content (AvgIpc) is 4.19. The fraction of sp³-hybridized carbons (Fsp3) is 0.538. The molecule has 0 spiro atoms. The molecule has 408 valence electrons. The number of amides is 7. The summed E-state index contributed by atoms with van der Waals surface area (Å²) in [5.41, 5.74) is 5.36. The van der Waals surface area contributed by atoms with Gasteiger partial charge in [-0.3, -0.25) is 43.6 Å². The van der Waals surface area contributed by atoms with Gasteiger partial charge in [0, 0.05) is 106 Å². The van der Waals surface area contributed by atoms with Crippen LogP contribution in [0.4, 0.5) is 30.8 Å². The molecule has 1 atom stereocenters. The molecule has 4 aromatic rings. The molecule has 2 aromatic heterocycles. The summed E-state index contributed by atoms with van der Waals surface area (Å²) in [6, 6.07) is 7.26. The van der Waals surface area contributed by atoms with Gasteiger partial charge < -0.3 is 49.4 Å². The lowest BCUT2D eigenvalue weighted by Gasteiger charge is -2.33. The van der Waals surface area contributed by atoms with Gasteiger partial charge in [-0.15, -0.1) is 0 Å². The highest BCUT2D eigenvalue weighted by Crippen LogP contribution is 2.44. The molecule has 2 saturated heterocycles. The van der Waals surface area contributed by atoms with E-state index in [4.69, 9.17) is 28.8 Å². The van der Waals surface area contributed by atoms with E-state index >= 15 is 0 Å². The van der Waals surface area contributed by atoms with E-state index in [1.807, 2.05) is 6.07 Å². The number of hydrogen-bond donors (Lipinski definition) is 4. The van der Waals surface area contributed by atoms with Gasteiger partial charge in [0.05, 0.1) is 89.3 Å². The van der Waals surface area contributed by atoms with Crippen LogP contribution < -0.4 is 26.2 Å². The number of urea groups is 1. The molecule has 2 fully saturated rings. The number of benzene rings is 2. The van der Waals surface area contributed by atoms with Crippen LogP contribution in [0.25, 0.3) is 11.1 Å². The van der Waals surface area contributed by atoms with E-state index in [2.05, 4.69) is 35.9 Å². The molecule has 4 N–H and O–H groups in total. The van der Waals surface area contributed by atoms with Crippen molar-refractivity contribution in [2.75, 3.05) is 110 Å². The van der Waals surface area contributed by atoms with Crippen molar-refractivity contribution in [3.63, 3.8) is 0 Å². The van der Waals surface area contributed by atoms with E-state index in [0.29, 0.717) is 133 Å². The predicted octanol–water partition coefficient (Wildman–Crippen LogP) is 3.90. The quantitative estimate of drug-likeness (QED) is 0.0575. The second-order valence-corrected chi connectivity index (χ2v) is 19.0. The van der Waals surface area contributed by atoms with Crippen LogP contribution in [0.2, 0.25) is 0 Å². The predicted molar refractivity (Wildman–Crippen MR) is 270 cm³/mol. The van der Waals surface area contributed by atoms with E-state index < -0.39 is 36.1 Å². The number of piperidine rings is 1. The molecule has 7 amide bonds. The number of aryl methyl sites for hydroxylation is 1. The van der Waals surface area contributed by atoms with Gasteiger partial charge in [-0.2, -0.15) is 10.2 Å². The van der Waals surface area contributed by atoms with Crippen molar-refractivity contribution in [1.29, 1.82) is 0 Å². The summed E-state index contributed by atoms with van der Waals surface area (Å²) >= 11 is 0. The molecule has 9 rings (SSSR count). The molecule has 5 aliphatic heterocycles. The second-order valence-electron chi connectivity index (χ2n) is 19.0. The maximum atomic E-state index is 15.0. The lowest BCUT2D eigenvalue weighted by atomic mass is 9.92. The second kappa shape index (κ2) is 25.3. The number of anilines is 3. The third-order valence-corrected chi connectivity index (χ3v) is 14.2. The minimum atomic E-state index is -2.76. The zero-order chi connectivity index (χ0) is 53.1. The number of hydrogen-bond acceptors (Lipinski definition) is 15. The Kier molecular flexibility index (Phi) is 18.0. The molecule has 24 heteroatoms. The van der Waals surface area contributed by atoms with Crippen LogP contribution in [0.1, 0.15) is 94.1 Å². The van der Waals surface area contributed by atoms with Crippen LogP contribution in [0, 0.1) is 0 Å². The first-order chi connectivity index (χ1) is 37.0. The minimum absolute atomic E-state index is 0.0440. The fourth-order valence-corrected chi connectivity index (χ4v) is 10.4. The van der Waals surface area contributed by atoms with Gasteiger partial charge in [0.2, 0.25) is 17.7 Å². The number of imide groups is 2. The van der Waals surface area contributed by atoms with Crippen LogP contribution in [0.15, 0.2) is 42.7 Å². The molecule has 1 unspecified atom stereocenters. The standard InChI is InChI=1S/C52H65F2N11O11/c1-55-52(71)61-16-9-41-39(32-61)48(60-65(41)35-10-18-72-19-11-35)63-15-3-4-33-28-37(38(47(53)54)29-43(33)63)34-30-58-62(31-34)17-13-57-44(66)12-20-73-22-24-75-26-27-76-25-23-74-21-14-56-40-6-2-5-36-46(40)51(70)64(50(36)69)42-7-8-45(67)59-49(42)68/h2,5-6,28-31,35,42,47,56H,3-4,7-27,32H2,1H3,(H,55,71)(H,57,66)(H,59,67,68). The van der Waals surface area contributed by atoms with E-state index in [1.165, 1.54) is 6.07 Å². The summed E-state index contributed by atoms with van der Waals surface area (Å²) in [7, 11) is 1.61. The Labute approximate surface area is 438 Å². The number of ether oxygens (including phenoxy) is 5. The van der Waals surface area contributed by atoms with Crippen molar-refractivity contribution in [3.05, 3.63) is 76.2 Å². The minimum Gasteiger partial charge on any atom is -0.382 e. The summed E-state index contributed by atoms with van der Waals surface area (Å²) < 4.78 is 61.6. The number of nitrogens with zero attached hydrogens (tertiary/aromatic N) is 7. The Morgan fingerprint density at radius 3 is 2.36 bits per heavy atom. The van der Waals surface area contributed by atoms with Crippen LogP contribution in [-0.4, -0.2) is 170 Å². The van der Waals surface area contributed by atoms with Crippen molar-refractivity contribution in [3.8, 4) is 11.1 Å². The van der Waals surface area contributed by atoms with Crippen LogP contribution >= 0.6 is 0 Å². The van der Waals surface area contributed by atoms with Gasteiger partial charge in [-0.1, -0.05) is 6.07 Å². The highest BCUT2D eigenvalue weighted by atomic mass is 19.3. The summed E-state index contributed by atoms with van der Waals surface area (Å²) in [6.45, 7) is 6.23. The molecule has 2 aromatic carbocycles. The normalized spacial score (nSPS) is 17.7. The molecule has 0 aliphatic carbocycles. The lowest BCUT2D eigenvalue weighted by Crippen LogP contribution is -2.54. The first-order valence-electron chi connectivity index (χ1n) is 26.1. The number of aromatic nitrogens is 4. The smallest absolute Gasteiger partial charge is 0.317 e. The Balaban J connectivity index is 0.647. The van der Waals surface area contributed by atoms with E-state index in [1.54, 1.807) is 47.2 Å².